The highest BCUT2D eigenvalue weighted by atomic mass is 32.2. The Kier molecular flexibility index (Phi) is 3.79. The summed E-state index contributed by atoms with van der Waals surface area (Å²) < 4.78 is 37.6. The lowest BCUT2D eigenvalue weighted by atomic mass is 10.0. The minimum atomic E-state index is -3.51. The van der Waals surface area contributed by atoms with Crippen molar-refractivity contribution in [2.45, 2.75) is 17.7 Å². The number of piperidine rings is 1. The van der Waals surface area contributed by atoms with E-state index in [0.717, 1.165) is 19.4 Å². The number of halogens is 1. The van der Waals surface area contributed by atoms with E-state index in [1.54, 1.807) is 6.07 Å². The fourth-order valence-corrected chi connectivity index (χ4v) is 3.90. The number of sulfone groups is 1. The van der Waals surface area contributed by atoms with Gasteiger partial charge in [0.15, 0.2) is 9.84 Å². The maximum absolute atomic E-state index is 13.4. The molecule has 1 fully saturated rings. The Morgan fingerprint density at radius 3 is 2.76 bits per heavy atom. The molecule has 3 nitrogen and oxygen atoms in total. The van der Waals surface area contributed by atoms with Crippen molar-refractivity contribution in [2.75, 3.05) is 18.8 Å². The van der Waals surface area contributed by atoms with Gasteiger partial charge in [0.05, 0.1) is 5.75 Å². The molecule has 1 N–H and O–H groups in total. The fraction of sp³-hybridized carbons (Fsp3) is 0.500. The zero-order valence-corrected chi connectivity index (χ0v) is 10.3. The molecule has 1 unspecified atom stereocenters. The second-order valence-corrected chi connectivity index (χ2v) is 6.43. The molecule has 1 aromatic rings. The first kappa shape index (κ1) is 12.5. The van der Waals surface area contributed by atoms with Crippen molar-refractivity contribution in [3.8, 4) is 0 Å². The van der Waals surface area contributed by atoms with Crippen LogP contribution in [0, 0.1) is 11.7 Å². The minimum Gasteiger partial charge on any atom is -0.316 e. The Morgan fingerprint density at radius 2 is 2.12 bits per heavy atom. The lowest BCUT2D eigenvalue weighted by molar-refractivity contribution is 0.403. The van der Waals surface area contributed by atoms with Crippen LogP contribution in [0.5, 0.6) is 0 Å². The van der Waals surface area contributed by atoms with Gasteiger partial charge < -0.3 is 5.32 Å². The maximum Gasteiger partial charge on any atom is 0.181 e. The van der Waals surface area contributed by atoms with Crippen molar-refractivity contribution >= 4 is 9.84 Å². The van der Waals surface area contributed by atoms with Crippen LogP contribution in [0.2, 0.25) is 0 Å². The molecule has 0 amide bonds. The van der Waals surface area contributed by atoms with Crippen molar-refractivity contribution in [3.63, 3.8) is 0 Å². The van der Waals surface area contributed by atoms with E-state index in [4.69, 9.17) is 0 Å². The Morgan fingerprint density at radius 1 is 1.35 bits per heavy atom. The van der Waals surface area contributed by atoms with Crippen molar-refractivity contribution < 1.29 is 12.8 Å². The molecule has 0 radical (unpaired) electrons. The number of hydrogen-bond donors (Lipinski definition) is 1. The second kappa shape index (κ2) is 5.14. The minimum absolute atomic E-state index is 0.0287. The van der Waals surface area contributed by atoms with Gasteiger partial charge in [-0.2, -0.15) is 0 Å². The summed E-state index contributed by atoms with van der Waals surface area (Å²) in [5, 5.41) is 3.17. The number of nitrogens with one attached hydrogen (secondary N) is 1. The molecule has 1 aliphatic rings. The molecule has 0 spiro atoms. The molecule has 1 aromatic carbocycles. The van der Waals surface area contributed by atoms with E-state index < -0.39 is 15.7 Å². The molecule has 2 rings (SSSR count). The Balaban J connectivity index is 2.16. The first-order chi connectivity index (χ1) is 8.09. The number of rotatable bonds is 3. The third kappa shape index (κ3) is 3.04. The van der Waals surface area contributed by atoms with E-state index >= 15 is 0 Å². The van der Waals surface area contributed by atoms with Crippen molar-refractivity contribution in [2.24, 2.45) is 5.92 Å². The number of hydrogen-bond acceptors (Lipinski definition) is 3. The summed E-state index contributed by atoms with van der Waals surface area (Å²) in [4.78, 5) is -0.175. The largest absolute Gasteiger partial charge is 0.316 e. The van der Waals surface area contributed by atoms with Gasteiger partial charge in [-0.3, -0.25) is 0 Å². The Labute approximate surface area is 101 Å². The van der Waals surface area contributed by atoms with Crippen LogP contribution in [0.15, 0.2) is 29.2 Å². The maximum atomic E-state index is 13.4. The molecule has 0 bridgehead atoms. The summed E-state index contributed by atoms with van der Waals surface area (Å²) in [5.41, 5.74) is 0. The van der Waals surface area contributed by atoms with Crippen LogP contribution in [-0.2, 0) is 9.84 Å². The summed E-state index contributed by atoms with van der Waals surface area (Å²) in [5.74, 6) is -0.536. The average molecular weight is 257 g/mol. The van der Waals surface area contributed by atoms with Crippen molar-refractivity contribution in [1.29, 1.82) is 0 Å². The molecule has 0 saturated carbocycles. The number of benzene rings is 1. The van der Waals surface area contributed by atoms with Crippen molar-refractivity contribution in [1.82, 2.24) is 5.32 Å². The molecule has 0 aromatic heterocycles. The fourth-order valence-electron chi connectivity index (χ4n) is 2.16. The first-order valence-corrected chi connectivity index (χ1v) is 7.43. The van der Waals surface area contributed by atoms with E-state index in [1.807, 2.05) is 0 Å². The van der Waals surface area contributed by atoms with Crippen LogP contribution in [0.25, 0.3) is 0 Å². The first-order valence-electron chi connectivity index (χ1n) is 5.77. The van der Waals surface area contributed by atoms with E-state index in [-0.39, 0.29) is 16.6 Å². The Bertz CT molecular complexity index is 481. The van der Waals surface area contributed by atoms with Gasteiger partial charge >= 0.3 is 0 Å². The predicted octanol–water partition coefficient (Wildman–Crippen LogP) is 1.60. The monoisotopic (exact) mass is 257 g/mol. The van der Waals surface area contributed by atoms with Gasteiger partial charge in [-0.15, -0.1) is 0 Å². The average Bonchev–Trinajstić information content (AvgIpc) is 2.30. The van der Waals surface area contributed by atoms with E-state index in [2.05, 4.69) is 5.32 Å². The molecule has 5 heteroatoms. The summed E-state index contributed by atoms with van der Waals surface area (Å²) in [6.07, 6.45) is 1.87. The van der Waals surface area contributed by atoms with Gasteiger partial charge in [0.2, 0.25) is 0 Å². The zero-order valence-electron chi connectivity index (χ0n) is 9.52. The van der Waals surface area contributed by atoms with Gasteiger partial charge in [0, 0.05) is 0 Å². The van der Waals surface area contributed by atoms with Crippen LogP contribution in [-0.4, -0.2) is 27.3 Å². The molecule has 94 valence electrons. The molecular formula is C12H16FNO2S. The highest BCUT2D eigenvalue weighted by molar-refractivity contribution is 7.91. The molecular weight excluding hydrogens is 241 g/mol. The van der Waals surface area contributed by atoms with Gasteiger partial charge in [-0.1, -0.05) is 12.1 Å². The molecule has 1 saturated heterocycles. The van der Waals surface area contributed by atoms with Crippen molar-refractivity contribution in [3.05, 3.63) is 30.1 Å². The highest BCUT2D eigenvalue weighted by Crippen LogP contribution is 2.20. The van der Waals surface area contributed by atoms with Gasteiger partial charge in [-0.25, -0.2) is 12.8 Å². The smallest absolute Gasteiger partial charge is 0.181 e. The van der Waals surface area contributed by atoms with Gasteiger partial charge in [-0.05, 0) is 44.0 Å². The summed E-state index contributed by atoms with van der Waals surface area (Å²) in [6.45, 7) is 1.64. The molecule has 1 aliphatic heterocycles. The summed E-state index contributed by atoms with van der Waals surface area (Å²) in [7, 11) is -3.51. The predicted molar refractivity (Wildman–Crippen MR) is 64.0 cm³/mol. The molecule has 1 heterocycles. The van der Waals surface area contributed by atoms with Gasteiger partial charge in [0.1, 0.15) is 10.7 Å². The van der Waals surface area contributed by atoms with E-state index in [1.165, 1.54) is 18.2 Å². The van der Waals surface area contributed by atoms with Crippen LogP contribution < -0.4 is 5.32 Å². The standard InChI is InChI=1S/C12H16FNO2S/c13-11-5-1-2-6-12(11)17(15,16)9-10-4-3-7-14-8-10/h1-2,5-6,10,14H,3-4,7-9H2. The van der Waals surface area contributed by atoms with Crippen LogP contribution in [0.4, 0.5) is 4.39 Å². The van der Waals surface area contributed by atoms with E-state index in [9.17, 15) is 12.8 Å². The molecule has 1 atom stereocenters. The zero-order chi connectivity index (χ0) is 12.3. The highest BCUT2D eigenvalue weighted by Gasteiger charge is 2.24. The summed E-state index contributed by atoms with van der Waals surface area (Å²) in [6, 6.07) is 5.57. The lowest BCUT2D eigenvalue weighted by Gasteiger charge is -2.22. The molecule has 17 heavy (non-hydrogen) atoms. The topological polar surface area (TPSA) is 46.2 Å². The molecule has 0 aliphatic carbocycles. The van der Waals surface area contributed by atoms with Crippen LogP contribution in [0.1, 0.15) is 12.8 Å². The van der Waals surface area contributed by atoms with E-state index in [0.29, 0.717) is 6.54 Å². The quantitative estimate of drug-likeness (QED) is 0.894. The van der Waals surface area contributed by atoms with Crippen LogP contribution in [0.3, 0.4) is 0 Å². The SMILES string of the molecule is O=S(=O)(CC1CCCNC1)c1ccccc1F. The third-order valence-electron chi connectivity index (χ3n) is 3.03. The Hall–Kier alpha value is -0.940. The van der Waals surface area contributed by atoms with Crippen LogP contribution >= 0.6 is 0 Å². The third-order valence-corrected chi connectivity index (χ3v) is 4.94. The summed E-state index contributed by atoms with van der Waals surface area (Å²) >= 11 is 0. The lowest BCUT2D eigenvalue weighted by Crippen LogP contribution is -2.33. The normalized spacial score (nSPS) is 21.4. The second-order valence-electron chi connectivity index (χ2n) is 4.42. The van der Waals surface area contributed by atoms with Gasteiger partial charge in [0.25, 0.3) is 0 Å².